The summed E-state index contributed by atoms with van der Waals surface area (Å²) in [7, 11) is 0. The number of alkyl halides is 2. The average Bonchev–Trinajstić information content (AvgIpc) is 1.88. The van der Waals surface area contributed by atoms with Gasteiger partial charge in [-0.3, -0.25) is 5.73 Å². The van der Waals surface area contributed by atoms with E-state index in [1.54, 1.807) is 0 Å². The van der Waals surface area contributed by atoms with E-state index in [1.807, 2.05) is 0 Å². The van der Waals surface area contributed by atoms with Crippen LogP contribution in [0, 0.1) is 5.92 Å². The summed E-state index contributed by atoms with van der Waals surface area (Å²) >= 11 is 11.5. The van der Waals surface area contributed by atoms with Gasteiger partial charge in [0.1, 0.15) is 0 Å². The van der Waals surface area contributed by atoms with Gasteiger partial charge in [0.2, 0.25) is 0 Å². The zero-order valence-corrected chi connectivity index (χ0v) is 7.46. The van der Waals surface area contributed by atoms with Crippen LogP contribution in [0.25, 0.3) is 0 Å². The van der Waals surface area contributed by atoms with Crippen molar-refractivity contribution in [2.45, 2.75) is 36.6 Å². The van der Waals surface area contributed by atoms with E-state index in [0.717, 1.165) is 12.8 Å². The predicted molar refractivity (Wildman–Crippen MR) is 45.2 cm³/mol. The van der Waals surface area contributed by atoms with E-state index in [4.69, 9.17) is 28.9 Å². The van der Waals surface area contributed by atoms with Crippen molar-refractivity contribution >= 4 is 23.2 Å². The second-order valence-corrected chi connectivity index (χ2v) is 4.45. The maximum Gasteiger partial charge on any atom is 0.169 e. The molecule has 0 aliphatic heterocycles. The third-order valence-electron chi connectivity index (χ3n) is 2.15. The van der Waals surface area contributed by atoms with Gasteiger partial charge in [-0.1, -0.05) is 42.5 Å². The molecule has 0 saturated heterocycles. The largest absolute Gasteiger partial charge is 0.300 e. The summed E-state index contributed by atoms with van der Waals surface area (Å²) in [4.78, 5) is 0. The molecule has 1 nitrogen and oxygen atoms in total. The molecule has 10 heavy (non-hydrogen) atoms. The topological polar surface area (TPSA) is 26.0 Å². The molecule has 0 aromatic rings. The van der Waals surface area contributed by atoms with Crippen molar-refractivity contribution in [1.29, 1.82) is 0 Å². The molecule has 1 fully saturated rings. The van der Waals surface area contributed by atoms with E-state index < -0.39 is 4.46 Å². The highest BCUT2D eigenvalue weighted by Gasteiger charge is 2.30. The molecule has 0 aromatic heterocycles. The lowest BCUT2D eigenvalue weighted by atomic mass is 9.89. The predicted octanol–water partition coefficient (Wildman–Crippen LogP) is 2.66. The van der Waals surface area contributed by atoms with Crippen LogP contribution in [-0.2, 0) is 0 Å². The highest BCUT2D eigenvalue weighted by Crippen LogP contribution is 2.35. The first-order valence-corrected chi connectivity index (χ1v) is 4.53. The van der Waals surface area contributed by atoms with Gasteiger partial charge in [-0.25, -0.2) is 0 Å². The summed E-state index contributed by atoms with van der Waals surface area (Å²) in [5, 5.41) is 0. The number of halogens is 2. The van der Waals surface area contributed by atoms with Crippen LogP contribution in [0.15, 0.2) is 0 Å². The normalized spacial score (nSPS) is 23.1. The molecule has 0 atom stereocenters. The first kappa shape index (κ1) is 8.63. The number of nitrogens with two attached hydrogens (primary N) is 1. The van der Waals surface area contributed by atoms with E-state index in [1.165, 1.54) is 19.3 Å². The van der Waals surface area contributed by atoms with E-state index in [0.29, 0.717) is 5.92 Å². The van der Waals surface area contributed by atoms with Gasteiger partial charge in [0.15, 0.2) is 4.46 Å². The molecule has 1 aliphatic carbocycles. The molecule has 0 heterocycles. The Morgan fingerprint density at radius 1 is 1.10 bits per heavy atom. The van der Waals surface area contributed by atoms with E-state index in [2.05, 4.69) is 0 Å². The van der Waals surface area contributed by atoms with Gasteiger partial charge in [0.05, 0.1) is 0 Å². The number of rotatable bonds is 1. The molecule has 0 bridgehead atoms. The van der Waals surface area contributed by atoms with Gasteiger partial charge in [-0.2, -0.15) is 0 Å². The molecule has 0 amide bonds. The van der Waals surface area contributed by atoms with Crippen LogP contribution in [-0.4, -0.2) is 4.46 Å². The Hall–Kier alpha value is 0.540. The zero-order chi connectivity index (χ0) is 7.61. The van der Waals surface area contributed by atoms with Crippen LogP contribution >= 0.6 is 23.2 Å². The molecule has 3 heteroatoms. The van der Waals surface area contributed by atoms with Crippen LogP contribution in [0.2, 0.25) is 0 Å². The maximum absolute atomic E-state index is 5.76. The van der Waals surface area contributed by atoms with E-state index in [9.17, 15) is 0 Å². The molecule has 0 aromatic carbocycles. The van der Waals surface area contributed by atoms with Crippen molar-refractivity contribution < 1.29 is 0 Å². The molecule has 60 valence electrons. The van der Waals surface area contributed by atoms with Crippen molar-refractivity contribution in [3.8, 4) is 0 Å². The molecular formula is C7H13Cl2N. The van der Waals surface area contributed by atoms with Gasteiger partial charge in [-0.15, -0.1) is 0 Å². The SMILES string of the molecule is NC(Cl)(Cl)C1CCCCC1. The lowest BCUT2D eigenvalue weighted by Crippen LogP contribution is -2.36. The number of hydrogen-bond donors (Lipinski definition) is 1. The molecule has 0 spiro atoms. The summed E-state index contributed by atoms with van der Waals surface area (Å²) in [5.74, 6) is 0.310. The first-order valence-electron chi connectivity index (χ1n) is 3.77. The van der Waals surface area contributed by atoms with Crippen molar-refractivity contribution in [3.05, 3.63) is 0 Å². The minimum Gasteiger partial charge on any atom is -0.300 e. The third-order valence-corrected chi connectivity index (χ3v) is 2.77. The van der Waals surface area contributed by atoms with Gasteiger partial charge in [-0.05, 0) is 12.8 Å². The Morgan fingerprint density at radius 3 is 1.90 bits per heavy atom. The van der Waals surface area contributed by atoms with Crippen LogP contribution in [0.3, 0.4) is 0 Å². The monoisotopic (exact) mass is 181 g/mol. The van der Waals surface area contributed by atoms with E-state index >= 15 is 0 Å². The summed E-state index contributed by atoms with van der Waals surface area (Å²) in [5.41, 5.74) is 5.54. The van der Waals surface area contributed by atoms with Crippen LogP contribution in [0.4, 0.5) is 0 Å². The van der Waals surface area contributed by atoms with Crippen LogP contribution in [0.1, 0.15) is 32.1 Å². The molecule has 1 aliphatic rings. The fourth-order valence-electron chi connectivity index (χ4n) is 1.49. The minimum atomic E-state index is -0.986. The second kappa shape index (κ2) is 3.29. The smallest absolute Gasteiger partial charge is 0.169 e. The second-order valence-electron chi connectivity index (χ2n) is 3.01. The lowest BCUT2D eigenvalue weighted by Gasteiger charge is -2.29. The molecule has 2 N–H and O–H groups in total. The van der Waals surface area contributed by atoms with Gasteiger partial charge in [0.25, 0.3) is 0 Å². The zero-order valence-electron chi connectivity index (χ0n) is 5.95. The average molecular weight is 182 g/mol. The standard InChI is InChI=1S/C7H13Cl2N/c8-7(9,10)6-4-2-1-3-5-6/h6H,1-5,10H2. The maximum atomic E-state index is 5.76. The highest BCUT2D eigenvalue weighted by atomic mass is 35.5. The van der Waals surface area contributed by atoms with Crippen molar-refractivity contribution in [1.82, 2.24) is 0 Å². The Balaban J connectivity index is 2.39. The molecule has 0 unspecified atom stereocenters. The Kier molecular flexibility index (Phi) is 2.84. The van der Waals surface area contributed by atoms with Gasteiger partial charge >= 0.3 is 0 Å². The highest BCUT2D eigenvalue weighted by molar-refractivity contribution is 6.48. The Labute approximate surface area is 71.9 Å². The summed E-state index contributed by atoms with van der Waals surface area (Å²) in [6.07, 6.45) is 5.93. The van der Waals surface area contributed by atoms with Crippen LogP contribution < -0.4 is 5.73 Å². The van der Waals surface area contributed by atoms with Crippen molar-refractivity contribution in [3.63, 3.8) is 0 Å². The Bertz CT molecular complexity index is 103. The fraction of sp³-hybridized carbons (Fsp3) is 1.00. The quantitative estimate of drug-likeness (QED) is 0.489. The molecular weight excluding hydrogens is 169 g/mol. The first-order chi connectivity index (χ1) is 4.61. The van der Waals surface area contributed by atoms with Crippen molar-refractivity contribution in [2.75, 3.05) is 0 Å². The van der Waals surface area contributed by atoms with Gasteiger partial charge < -0.3 is 0 Å². The lowest BCUT2D eigenvalue weighted by molar-refractivity contribution is 0.329. The third kappa shape index (κ3) is 2.30. The van der Waals surface area contributed by atoms with Crippen LogP contribution in [0.5, 0.6) is 0 Å². The number of hydrogen-bond acceptors (Lipinski definition) is 1. The Morgan fingerprint density at radius 2 is 1.60 bits per heavy atom. The molecule has 0 radical (unpaired) electrons. The molecule has 1 saturated carbocycles. The summed E-state index contributed by atoms with van der Waals surface area (Å²) in [6.45, 7) is 0. The van der Waals surface area contributed by atoms with Crippen molar-refractivity contribution in [2.24, 2.45) is 11.7 Å². The summed E-state index contributed by atoms with van der Waals surface area (Å²) in [6, 6.07) is 0. The molecule has 1 rings (SSSR count). The van der Waals surface area contributed by atoms with Gasteiger partial charge in [0, 0.05) is 5.92 Å². The summed E-state index contributed by atoms with van der Waals surface area (Å²) < 4.78 is -0.986. The van der Waals surface area contributed by atoms with E-state index in [-0.39, 0.29) is 0 Å². The minimum absolute atomic E-state index is 0.310. The fourth-order valence-corrected chi connectivity index (χ4v) is 1.92.